The lowest BCUT2D eigenvalue weighted by atomic mass is 10.0. The Labute approximate surface area is 77.7 Å². The molecule has 0 amide bonds. The van der Waals surface area contributed by atoms with Gasteiger partial charge in [0, 0.05) is 10.1 Å². The third kappa shape index (κ3) is 1.06. The van der Waals surface area contributed by atoms with Crippen molar-refractivity contribution in [2.45, 2.75) is 13.1 Å². The van der Waals surface area contributed by atoms with Crippen molar-refractivity contribution in [2.24, 2.45) is 10.2 Å². The second-order valence-electron chi connectivity index (χ2n) is 2.68. The first kappa shape index (κ1) is 7.86. The number of hydrogen-bond donors (Lipinski definition) is 0. The number of azo groups is 1. The van der Waals surface area contributed by atoms with Crippen LogP contribution < -0.4 is 0 Å². The Bertz CT molecular complexity index is 352. The Balaban J connectivity index is 2.50. The smallest absolute Gasteiger partial charge is 0.152 e. The van der Waals surface area contributed by atoms with E-state index in [-0.39, 0.29) is 0 Å². The highest BCUT2D eigenvalue weighted by atomic mass is 79.9. The van der Waals surface area contributed by atoms with Gasteiger partial charge in [0.1, 0.15) is 0 Å². The lowest BCUT2D eigenvalue weighted by molar-refractivity contribution is 0.461. The van der Waals surface area contributed by atoms with Crippen LogP contribution in [-0.2, 0) is 0 Å². The van der Waals surface area contributed by atoms with Gasteiger partial charge < -0.3 is 0 Å². The molecule has 12 heavy (non-hydrogen) atoms. The molecule has 0 radical (unpaired) electrons. The van der Waals surface area contributed by atoms with Crippen molar-refractivity contribution in [1.29, 1.82) is 0 Å². The van der Waals surface area contributed by atoms with Crippen LogP contribution in [0.4, 0.5) is 4.39 Å². The Kier molecular flexibility index (Phi) is 1.72. The molecular formula is C8H6BrFN2. The Morgan fingerprint density at radius 1 is 1.50 bits per heavy atom. The van der Waals surface area contributed by atoms with Crippen LogP contribution in [-0.4, -0.2) is 6.17 Å². The summed E-state index contributed by atoms with van der Waals surface area (Å²) in [5.74, 6) is 0. The molecule has 0 saturated carbocycles. The SMILES string of the molecule is CC1=C2C=C(Br)[C@@H](F)C=C2N=N1. The Morgan fingerprint density at radius 3 is 3.00 bits per heavy atom. The van der Waals surface area contributed by atoms with Crippen LogP contribution >= 0.6 is 15.9 Å². The predicted octanol–water partition coefficient (Wildman–Crippen LogP) is 3.24. The molecule has 62 valence electrons. The molecule has 0 aromatic carbocycles. The number of alkyl halides is 1. The van der Waals surface area contributed by atoms with E-state index in [1.54, 1.807) is 6.08 Å². The monoisotopic (exact) mass is 228 g/mol. The highest BCUT2D eigenvalue weighted by molar-refractivity contribution is 9.11. The van der Waals surface area contributed by atoms with Crippen LogP contribution in [0.5, 0.6) is 0 Å². The van der Waals surface area contributed by atoms with Crippen LogP contribution in [0, 0.1) is 0 Å². The van der Waals surface area contributed by atoms with Gasteiger partial charge in [0.15, 0.2) is 6.17 Å². The van der Waals surface area contributed by atoms with Crippen LogP contribution in [0.25, 0.3) is 0 Å². The molecule has 0 aromatic heterocycles. The first-order valence-electron chi connectivity index (χ1n) is 3.54. The maximum atomic E-state index is 13.0. The maximum Gasteiger partial charge on any atom is 0.152 e. The molecule has 1 aliphatic heterocycles. The summed E-state index contributed by atoms with van der Waals surface area (Å²) in [6, 6.07) is 0. The van der Waals surface area contributed by atoms with Gasteiger partial charge in [-0.05, 0) is 19.1 Å². The summed E-state index contributed by atoms with van der Waals surface area (Å²) in [5.41, 5.74) is 2.39. The quantitative estimate of drug-likeness (QED) is 0.609. The number of nitrogens with zero attached hydrogens (tertiary/aromatic N) is 2. The topological polar surface area (TPSA) is 24.7 Å². The standard InChI is InChI=1S/C8H6BrFN2/c1-4-5-2-6(9)7(10)3-8(5)12-11-4/h2-3,7H,1H3/t7-/m0/s1. The summed E-state index contributed by atoms with van der Waals surface area (Å²) in [4.78, 5) is 0. The zero-order valence-corrected chi connectivity index (χ0v) is 7.97. The molecule has 4 heteroatoms. The minimum Gasteiger partial charge on any atom is -0.237 e. The van der Waals surface area contributed by atoms with Crippen molar-refractivity contribution < 1.29 is 4.39 Å². The molecule has 2 nitrogen and oxygen atoms in total. The highest BCUT2D eigenvalue weighted by Crippen LogP contribution is 2.34. The van der Waals surface area contributed by atoms with E-state index in [4.69, 9.17) is 0 Å². The van der Waals surface area contributed by atoms with Crippen LogP contribution in [0.15, 0.2) is 43.8 Å². The minimum atomic E-state index is -1.08. The third-order valence-corrected chi connectivity index (χ3v) is 2.49. The van der Waals surface area contributed by atoms with Gasteiger partial charge >= 0.3 is 0 Å². The van der Waals surface area contributed by atoms with Crippen molar-refractivity contribution in [3.63, 3.8) is 0 Å². The molecule has 1 atom stereocenters. The number of hydrogen-bond acceptors (Lipinski definition) is 2. The number of rotatable bonds is 0. The molecule has 0 fully saturated rings. The van der Waals surface area contributed by atoms with Gasteiger partial charge in [-0.3, -0.25) is 0 Å². The van der Waals surface area contributed by atoms with E-state index in [2.05, 4.69) is 26.2 Å². The predicted molar refractivity (Wildman–Crippen MR) is 47.5 cm³/mol. The van der Waals surface area contributed by atoms with Crippen LogP contribution in [0.2, 0.25) is 0 Å². The van der Waals surface area contributed by atoms with E-state index in [0.29, 0.717) is 10.2 Å². The molecule has 2 rings (SSSR count). The highest BCUT2D eigenvalue weighted by Gasteiger charge is 2.22. The molecule has 0 spiro atoms. The van der Waals surface area contributed by atoms with E-state index in [0.717, 1.165) is 11.3 Å². The first-order valence-corrected chi connectivity index (χ1v) is 4.34. The summed E-state index contributed by atoms with van der Waals surface area (Å²) >= 11 is 3.14. The fourth-order valence-corrected chi connectivity index (χ4v) is 1.52. The fraction of sp³-hybridized carbons (Fsp3) is 0.250. The van der Waals surface area contributed by atoms with Gasteiger partial charge in [-0.25, -0.2) is 4.39 Å². The van der Waals surface area contributed by atoms with Gasteiger partial charge in [0.25, 0.3) is 0 Å². The van der Waals surface area contributed by atoms with E-state index >= 15 is 0 Å². The minimum absolute atomic E-state index is 0.535. The maximum absolute atomic E-state index is 13.0. The average molecular weight is 229 g/mol. The van der Waals surface area contributed by atoms with Crippen molar-refractivity contribution >= 4 is 15.9 Å². The second-order valence-corrected chi connectivity index (χ2v) is 3.60. The molecule has 0 unspecified atom stereocenters. The van der Waals surface area contributed by atoms with Gasteiger partial charge in [-0.15, -0.1) is 0 Å². The lowest BCUT2D eigenvalue weighted by Crippen LogP contribution is -2.02. The molecule has 1 aliphatic carbocycles. The Hall–Kier alpha value is -0.770. The number of fused-ring (bicyclic) bond motifs is 1. The molecule has 0 N–H and O–H groups in total. The average Bonchev–Trinajstić information content (AvgIpc) is 2.35. The largest absolute Gasteiger partial charge is 0.237 e. The molecule has 0 saturated heterocycles. The van der Waals surface area contributed by atoms with E-state index in [1.165, 1.54) is 6.08 Å². The normalized spacial score (nSPS) is 27.1. The van der Waals surface area contributed by atoms with Crippen molar-refractivity contribution in [2.75, 3.05) is 0 Å². The fourth-order valence-electron chi connectivity index (χ4n) is 1.16. The van der Waals surface area contributed by atoms with E-state index in [9.17, 15) is 4.39 Å². The zero-order valence-electron chi connectivity index (χ0n) is 6.38. The second kappa shape index (κ2) is 2.62. The van der Waals surface area contributed by atoms with Crippen molar-refractivity contribution in [1.82, 2.24) is 0 Å². The summed E-state index contributed by atoms with van der Waals surface area (Å²) in [6.45, 7) is 1.86. The number of halogens is 2. The summed E-state index contributed by atoms with van der Waals surface area (Å²) in [5, 5.41) is 7.68. The molecule has 1 heterocycles. The van der Waals surface area contributed by atoms with E-state index < -0.39 is 6.17 Å². The van der Waals surface area contributed by atoms with Gasteiger partial charge in [0.05, 0.1) is 11.4 Å². The van der Waals surface area contributed by atoms with Gasteiger partial charge in [-0.2, -0.15) is 10.2 Å². The van der Waals surface area contributed by atoms with Crippen LogP contribution in [0.1, 0.15) is 6.92 Å². The van der Waals surface area contributed by atoms with Crippen molar-refractivity contribution in [3.05, 3.63) is 33.6 Å². The summed E-state index contributed by atoms with van der Waals surface area (Å²) in [7, 11) is 0. The van der Waals surface area contributed by atoms with E-state index in [1.807, 2.05) is 6.92 Å². The molecule has 0 aromatic rings. The molecular weight excluding hydrogens is 223 g/mol. The zero-order chi connectivity index (χ0) is 8.72. The molecule has 0 bridgehead atoms. The summed E-state index contributed by atoms with van der Waals surface area (Å²) < 4.78 is 13.6. The van der Waals surface area contributed by atoms with Crippen LogP contribution in [0.3, 0.4) is 0 Å². The van der Waals surface area contributed by atoms with Gasteiger partial charge in [0.2, 0.25) is 0 Å². The summed E-state index contributed by atoms with van der Waals surface area (Å²) in [6.07, 6.45) is 2.11. The number of allylic oxidation sites excluding steroid dienone is 4. The Morgan fingerprint density at radius 2 is 2.25 bits per heavy atom. The molecule has 2 aliphatic rings. The van der Waals surface area contributed by atoms with Crippen molar-refractivity contribution in [3.8, 4) is 0 Å². The lowest BCUT2D eigenvalue weighted by Gasteiger charge is -2.09. The first-order chi connectivity index (χ1) is 5.68. The van der Waals surface area contributed by atoms with Gasteiger partial charge in [-0.1, -0.05) is 15.9 Å². The third-order valence-electron chi connectivity index (χ3n) is 1.82.